The Kier molecular flexibility index (Phi) is 4.86. The van der Waals surface area contributed by atoms with Crippen LogP contribution in [0.5, 0.6) is 0 Å². The Morgan fingerprint density at radius 2 is 2.04 bits per heavy atom. The van der Waals surface area contributed by atoms with Crippen LogP contribution in [-0.2, 0) is 6.18 Å². The van der Waals surface area contributed by atoms with Gasteiger partial charge in [0.1, 0.15) is 17.5 Å². The number of piperidine rings is 1. The van der Waals surface area contributed by atoms with Crippen LogP contribution < -0.4 is 4.90 Å². The number of benzene rings is 1. The van der Waals surface area contributed by atoms with Gasteiger partial charge in [0, 0.05) is 37.2 Å². The summed E-state index contributed by atoms with van der Waals surface area (Å²) >= 11 is 0. The van der Waals surface area contributed by atoms with Crippen LogP contribution in [0.15, 0.2) is 30.6 Å². The van der Waals surface area contributed by atoms with Gasteiger partial charge in [-0.1, -0.05) is 0 Å². The van der Waals surface area contributed by atoms with Gasteiger partial charge in [0.15, 0.2) is 0 Å². The van der Waals surface area contributed by atoms with Crippen LogP contribution >= 0.6 is 0 Å². The van der Waals surface area contributed by atoms with E-state index in [2.05, 4.69) is 9.97 Å². The first-order valence-corrected chi connectivity index (χ1v) is 8.05. The number of aromatic nitrogens is 2. The van der Waals surface area contributed by atoms with Crippen molar-refractivity contribution in [3.63, 3.8) is 0 Å². The van der Waals surface area contributed by atoms with Crippen LogP contribution in [0.4, 0.5) is 24.5 Å². The number of aliphatic hydroxyl groups is 1. The van der Waals surface area contributed by atoms with Crippen molar-refractivity contribution >= 4 is 11.4 Å². The molecule has 2 N–H and O–H groups in total. The number of alkyl halides is 3. The number of rotatable bonds is 4. The van der Waals surface area contributed by atoms with E-state index in [4.69, 9.17) is 0 Å². The van der Waals surface area contributed by atoms with E-state index in [0.717, 1.165) is 12.1 Å². The molecule has 1 aliphatic rings. The molecule has 0 aliphatic carbocycles. The average Bonchev–Trinajstić information content (AvgIpc) is 3.14. The third-order valence-electron chi connectivity index (χ3n) is 4.63. The van der Waals surface area contributed by atoms with Gasteiger partial charge < -0.3 is 15.0 Å². The van der Waals surface area contributed by atoms with Gasteiger partial charge in [-0.3, -0.25) is 10.1 Å². The predicted molar refractivity (Wildman–Crippen MR) is 86.6 cm³/mol. The third-order valence-corrected chi connectivity index (χ3v) is 4.63. The Labute approximate surface area is 146 Å². The Morgan fingerprint density at radius 1 is 1.35 bits per heavy atom. The fraction of sp³-hybridized carbons (Fsp3) is 0.438. The first kappa shape index (κ1) is 18.2. The van der Waals surface area contributed by atoms with Gasteiger partial charge in [0.25, 0.3) is 5.69 Å². The van der Waals surface area contributed by atoms with Crippen LogP contribution in [0, 0.1) is 16.0 Å². The van der Waals surface area contributed by atoms with E-state index in [1.165, 1.54) is 6.07 Å². The molecule has 1 aromatic heterocycles. The number of nitro benzene ring substituents is 1. The zero-order valence-corrected chi connectivity index (χ0v) is 13.6. The molecule has 0 spiro atoms. The lowest BCUT2D eigenvalue weighted by Gasteiger charge is -2.35. The number of nitrogens with zero attached hydrogens (tertiary/aromatic N) is 3. The largest absolute Gasteiger partial charge is 0.423 e. The lowest BCUT2D eigenvalue weighted by atomic mass is 9.90. The molecule has 0 saturated carbocycles. The molecule has 1 unspecified atom stereocenters. The summed E-state index contributed by atoms with van der Waals surface area (Å²) in [6.45, 7) is 0.884. The minimum Gasteiger partial charge on any atom is -0.385 e. The summed E-state index contributed by atoms with van der Waals surface area (Å²) < 4.78 is 39.3. The van der Waals surface area contributed by atoms with Crippen LogP contribution in [0.1, 0.15) is 30.3 Å². The van der Waals surface area contributed by atoms with E-state index >= 15 is 0 Å². The molecule has 140 valence electrons. The molecular formula is C16H17F3N4O3. The number of hydrogen-bond donors (Lipinski definition) is 2. The van der Waals surface area contributed by atoms with Gasteiger partial charge in [-0.15, -0.1) is 0 Å². The molecule has 7 nitrogen and oxygen atoms in total. The normalized spacial score (nSPS) is 17.3. The summed E-state index contributed by atoms with van der Waals surface area (Å²) in [5, 5.41) is 21.1. The van der Waals surface area contributed by atoms with Crippen LogP contribution in [0.2, 0.25) is 0 Å². The Bertz CT molecular complexity index is 772. The van der Waals surface area contributed by atoms with Gasteiger partial charge in [-0.2, -0.15) is 13.2 Å². The highest BCUT2D eigenvalue weighted by molar-refractivity contribution is 5.57. The second kappa shape index (κ2) is 6.94. The second-order valence-corrected chi connectivity index (χ2v) is 6.20. The highest BCUT2D eigenvalue weighted by atomic mass is 19.4. The third kappa shape index (κ3) is 3.64. The number of halogens is 3. The monoisotopic (exact) mass is 370 g/mol. The molecule has 26 heavy (non-hydrogen) atoms. The van der Waals surface area contributed by atoms with Gasteiger partial charge in [-0.25, -0.2) is 4.98 Å². The zero-order valence-electron chi connectivity index (χ0n) is 13.6. The minimum atomic E-state index is -4.80. The van der Waals surface area contributed by atoms with Crippen molar-refractivity contribution in [1.82, 2.24) is 9.97 Å². The molecule has 1 saturated heterocycles. The van der Waals surface area contributed by atoms with E-state index < -0.39 is 28.5 Å². The van der Waals surface area contributed by atoms with Crippen molar-refractivity contribution in [2.45, 2.75) is 25.1 Å². The van der Waals surface area contributed by atoms with Crippen LogP contribution in [-0.4, -0.2) is 33.1 Å². The summed E-state index contributed by atoms with van der Waals surface area (Å²) in [5.74, 6) is 0.413. The molecule has 10 heteroatoms. The molecule has 1 atom stereocenters. The van der Waals surface area contributed by atoms with E-state index in [1.54, 1.807) is 17.3 Å². The quantitative estimate of drug-likeness (QED) is 0.636. The molecule has 0 bridgehead atoms. The topological polar surface area (TPSA) is 95.3 Å². The van der Waals surface area contributed by atoms with Crippen molar-refractivity contribution in [3.05, 3.63) is 52.1 Å². The highest BCUT2D eigenvalue weighted by Crippen LogP contribution is 2.39. The summed E-state index contributed by atoms with van der Waals surface area (Å²) in [5.41, 5.74) is -1.92. The summed E-state index contributed by atoms with van der Waals surface area (Å²) in [4.78, 5) is 18.4. The first-order valence-electron chi connectivity index (χ1n) is 8.05. The number of imidazole rings is 1. The molecule has 0 radical (unpaired) electrons. The lowest BCUT2D eigenvalue weighted by Crippen LogP contribution is -2.36. The minimum absolute atomic E-state index is 0.0578. The Balaban J connectivity index is 1.74. The summed E-state index contributed by atoms with van der Waals surface area (Å²) in [7, 11) is 0. The maximum absolute atomic E-state index is 13.1. The lowest BCUT2D eigenvalue weighted by molar-refractivity contribution is -0.388. The fourth-order valence-electron chi connectivity index (χ4n) is 3.24. The molecule has 2 heterocycles. The molecule has 1 aromatic carbocycles. The second-order valence-electron chi connectivity index (χ2n) is 6.20. The standard InChI is InChI=1S/C16H17F3N4O3/c17-16(18,19)12-9-11(1-2-13(12)23(25)26)22-7-3-10(4-8-22)14(24)15-20-5-6-21-15/h1-2,5-6,9-10,14,24H,3-4,7-8H2,(H,20,21). The average molecular weight is 370 g/mol. The maximum Gasteiger partial charge on any atom is 0.423 e. The van der Waals surface area contributed by atoms with E-state index in [9.17, 15) is 28.4 Å². The number of nitrogens with one attached hydrogen (secondary N) is 1. The molecule has 1 aliphatic heterocycles. The van der Waals surface area contributed by atoms with E-state index in [0.29, 0.717) is 31.8 Å². The summed E-state index contributed by atoms with van der Waals surface area (Å²) in [6, 6.07) is 3.04. The fourth-order valence-corrected chi connectivity index (χ4v) is 3.24. The first-order chi connectivity index (χ1) is 12.3. The number of nitro groups is 1. The summed E-state index contributed by atoms with van der Waals surface area (Å²) in [6.07, 6.45) is -1.26. The zero-order chi connectivity index (χ0) is 18.9. The van der Waals surface area contributed by atoms with Gasteiger partial charge in [0.2, 0.25) is 0 Å². The number of anilines is 1. The van der Waals surface area contributed by atoms with Gasteiger partial charge in [0.05, 0.1) is 4.92 Å². The predicted octanol–water partition coefficient (Wildman–Crippen LogP) is 3.29. The highest BCUT2D eigenvalue weighted by Gasteiger charge is 2.39. The molecule has 2 aromatic rings. The maximum atomic E-state index is 13.1. The van der Waals surface area contributed by atoms with Crippen molar-refractivity contribution in [1.29, 1.82) is 0 Å². The van der Waals surface area contributed by atoms with Crippen molar-refractivity contribution in [2.24, 2.45) is 5.92 Å². The number of aromatic amines is 1. The number of aliphatic hydroxyl groups excluding tert-OH is 1. The Hall–Kier alpha value is -2.62. The number of H-pyrrole nitrogens is 1. The van der Waals surface area contributed by atoms with Crippen LogP contribution in [0.3, 0.4) is 0 Å². The molecule has 1 fully saturated rings. The van der Waals surface area contributed by atoms with Gasteiger partial charge >= 0.3 is 6.18 Å². The van der Waals surface area contributed by atoms with Crippen molar-refractivity contribution in [2.75, 3.05) is 18.0 Å². The SMILES string of the molecule is O=[N+]([O-])c1ccc(N2CCC(C(O)c3ncc[nH]3)CC2)cc1C(F)(F)F. The Morgan fingerprint density at radius 3 is 2.58 bits per heavy atom. The van der Waals surface area contributed by atoms with E-state index in [1.807, 2.05) is 0 Å². The molecule has 3 rings (SSSR count). The van der Waals surface area contributed by atoms with Gasteiger partial charge in [-0.05, 0) is 30.9 Å². The molecular weight excluding hydrogens is 353 g/mol. The number of hydrogen-bond acceptors (Lipinski definition) is 5. The van der Waals surface area contributed by atoms with Crippen LogP contribution in [0.25, 0.3) is 0 Å². The smallest absolute Gasteiger partial charge is 0.385 e. The van der Waals surface area contributed by atoms with Crippen molar-refractivity contribution < 1.29 is 23.2 Å². The van der Waals surface area contributed by atoms with Crippen molar-refractivity contribution in [3.8, 4) is 0 Å². The molecule has 0 amide bonds. The van der Waals surface area contributed by atoms with E-state index in [-0.39, 0.29) is 11.6 Å².